The zero-order valence-corrected chi connectivity index (χ0v) is 10.1. The van der Waals surface area contributed by atoms with Crippen molar-refractivity contribution in [3.05, 3.63) is 0 Å². The van der Waals surface area contributed by atoms with Crippen LogP contribution < -0.4 is 0 Å². The lowest BCUT2D eigenvalue weighted by Crippen LogP contribution is -2.11. The van der Waals surface area contributed by atoms with Crippen LogP contribution in [0.1, 0.15) is 72.6 Å². The van der Waals surface area contributed by atoms with Gasteiger partial charge in [-0.3, -0.25) is 0 Å². The van der Waals surface area contributed by atoms with E-state index in [0.717, 1.165) is 11.8 Å². The van der Waals surface area contributed by atoms with E-state index in [-0.39, 0.29) is 0 Å². The van der Waals surface area contributed by atoms with Crippen LogP contribution in [-0.2, 0) is 0 Å². The first kappa shape index (κ1) is 13.0. The number of rotatable bonds is 2. The second-order valence-corrected chi connectivity index (χ2v) is 4.55. The quantitative estimate of drug-likeness (QED) is 0.564. The van der Waals surface area contributed by atoms with Gasteiger partial charge in [-0.1, -0.05) is 66.2 Å². The molecular formula is C13H28. The lowest BCUT2D eigenvalue weighted by atomic mass is 9.81. The standard InChI is InChI=1S/C9H18.C4H10/c1-3-9-6-4-5-8(2)7-9;1-3-4-2/h8-9H,3-7H2,1-2H3;3-4H2,1-2H3. The highest BCUT2D eigenvalue weighted by Crippen LogP contribution is 2.29. The predicted molar refractivity (Wildman–Crippen MR) is 62.0 cm³/mol. The Balaban J connectivity index is 0.000000310. The molecule has 0 heteroatoms. The molecule has 0 bridgehead atoms. The van der Waals surface area contributed by atoms with Gasteiger partial charge in [0.1, 0.15) is 0 Å². The van der Waals surface area contributed by atoms with Crippen molar-refractivity contribution >= 4 is 0 Å². The van der Waals surface area contributed by atoms with Crippen molar-refractivity contribution in [2.24, 2.45) is 11.8 Å². The fourth-order valence-electron chi connectivity index (χ4n) is 1.93. The molecule has 1 fully saturated rings. The maximum atomic E-state index is 2.39. The van der Waals surface area contributed by atoms with Crippen LogP contribution in [0, 0.1) is 11.8 Å². The zero-order chi connectivity index (χ0) is 10.1. The Labute approximate surface area is 85.1 Å². The average Bonchev–Trinajstić information content (AvgIpc) is 2.18. The van der Waals surface area contributed by atoms with E-state index in [9.17, 15) is 0 Å². The maximum absolute atomic E-state index is 2.39. The van der Waals surface area contributed by atoms with Gasteiger partial charge in [0, 0.05) is 0 Å². The van der Waals surface area contributed by atoms with Gasteiger partial charge in [0.05, 0.1) is 0 Å². The average molecular weight is 184 g/mol. The molecule has 0 radical (unpaired) electrons. The van der Waals surface area contributed by atoms with Crippen molar-refractivity contribution in [1.29, 1.82) is 0 Å². The van der Waals surface area contributed by atoms with E-state index in [4.69, 9.17) is 0 Å². The van der Waals surface area contributed by atoms with Crippen molar-refractivity contribution in [2.45, 2.75) is 72.6 Å². The van der Waals surface area contributed by atoms with Gasteiger partial charge >= 0.3 is 0 Å². The van der Waals surface area contributed by atoms with E-state index in [1.807, 2.05) is 0 Å². The van der Waals surface area contributed by atoms with Crippen molar-refractivity contribution < 1.29 is 0 Å². The molecule has 0 aromatic heterocycles. The van der Waals surface area contributed by atoms with Crippen molar-refractivity contribution in [2.75, 3.05) is 0 Å². The molecule has 0 aromatic carbocycles. The number of hydrogen-bond acceptors (Lipinski definition) is 0. The van der Waals surface area contributed by atoms with E-state index in [1.54, 1.807) is 0 Å². The first-order chi connectivity index (χ1) is 6.24. The molecule has 2 unspecified atom stereocenters. The molecule has 0 N–H and O–H groups in total. The Morgan fingerprint density at radius 1 is 1.00 bits per heavy atom. The first-order valence-electron chi connectivity index (χ1n) is 6.24. The van der Waals surface area contributed by atoms with Crippen LogP contribution in [-0.4, -0.2) is 0 Å². The molecule has 13 heavy (non-hydrogen) atoms. The Kier molecular flexibility index (Phi) is 8.59. The van der Waals surface area contributed by atoms with Gasteiger partial charge in [-0.05, 0) is 18.3 Å². The summed E-state index contributed by atoms with van der Waals surface area (Å²) in [6.07, 6.45) is 10.0. The Hall–Kier alpha value is 0. The van der Waals surface area contributed by atoms with Gasteiger partial charge in [-0.2, -0.15) is 0 Å². The van der Waals surface area contributed by atoms with E-state index in [2.05, 4.69) is 27.7 Å². The van der Waals surface area contributed by atoms with Gasteiger partial charge in [0.15, 0.2) is 0 Å². The second-order valence-electron chi connectivity index (χ2n) is 4.55. The molecule has 0 aromatic rings. The lowest BCUT2D eigenvalue weighted by molar-refractivity contribution is 0.276. The fourth-order valence-corrected chi connectivity index (χ4v) is 1.93. The van der Waals surface area contributed by atoms with Gasteiger partial charge in [0.25, 0.3) is 0 Å². The third kappa shape index (κ3) is 7.10. The molecule has 1 saturated carbocycles. The van der Waals surface area contributed by atoms with E-state index in [0.29, 0.717) is 0 Å². The summed E-state index contributed by atoms with van der Waals surface area (Å²) in [7, 11) is 0. The molecule has 0 spiro atoms. The number of unbranched alkanes of at least 4 members (excludes halogenated alkanes) is 1. The third-order valence-corrected chi connectivity index (χ3v) is 3.12. The Morgan fingerprint density at radius 2 is 1.62 bits per heavy atom. The smallest absolute Gasteiger partial charge is 0.0414 e. The summed E-state index contributed by atoms with van der Waals surface area (Å²) < 4.78 is 0. The summed E-state index contributed by atoms with van der Waals surface area (Å²) in [6, 6.07) is 0. The molecule has 80 valence electrons. The third-order valence-electron chi connectivity index (χ3n) is 3.12. The summed E-state index contributed by atoms with van der Waals surface area (Å²) >= 11 is 0. The Bertz CT molecular complexity index is 94.2. The van der Waals surface area contributed by atoms with Crippen LogP contribution >= 0.6 is 0 Å². The number of hydrogen-bond donors (Lipinski definition) is 0. The molecule has 1 aliphatic carbocycles. The Morgan fingerprint density at radius 3 is 1.92 bits per heavy atom. The van der Waals surface area contributed by atoms with Crippen LogP contribution in [0.5, 0.6) is 0 Å². The van der Waals surface area contributed by atoms with Gasteiger partial charge < -0.3 is 0 Å². The van der Waals surface area contributed by atoms with E-state index in [1.165, 1.54) is 44.9 Å². The van der Waals surface area contributed by atoms with Gasteiger partial charge in [0.2, 0.25) is 0 Å². The molecule has 1 aliphatic rings. The molecule has 1 rings (SSSR count). The zero-order valence-electron chi connectivity index (χ0n) is 10.1. The summed E-state index contributed by atoms with van der Waals surface area (Å²) in [5.74, 6) is 2.08. The topological polar surface area (TPSA) is 0 Å². The highest BCUT2D eigenvalue weighted by molar-refractivity contribution is 4.68. The monoisotopic (exact) mass is 184 g/mol. The molecule has 0 aliphatic heterocycles. The van der Waals surface area contributed by atoms with Crippen LogP contribution in [0.15, 0.2) is 0 Å². The fraction of sp³-hybridized carbons (Fsp3) is 1.00. The minimum absolute atomic E-state index is 1.02. The van der Waals surface area contributed by atoms with Gasteiger partial charge in [-0.15, -0.1) is 0 Å². The lowest BCUT2D eigenvalue weighted by Gasteiger charge is -2.25. The molecule has 0 heterocycles. The summed E-state index contributed by atoms with van der Waals surface area (Å²) in [4.78, 5) is 0. The van der Waals surface area contributed by atoms with Crippen LogP contribution in [0.25, 0.3) is 0 Å². The maximum Gasteiger partial charge on any atom is -0.0414 e. The SMILES string of the molecule is CCC1CCCC(C)C1.CCCC. The predicted octanol–water partition coefficient (Wildman–Crippen LogP) is 5.03. The van der Waals surface area contributed by atoms with Crippen LogP contribution in [0.4, 0.5) is 0 Å². The molecule has 2 atom stereocenters. The van der Waals surface area contributed by atoms with Crippen molar-refractivity contribution in [3.63, 3.8) is 0 Å². The molecule has 0 amide bonds. The highest BCUT2D eigenvalue weighted by atomic mass is 14.2. The molecule has 0 nitrogen and oxygen atoms in total. The molecular weight excluding hydrogens is 156 g/mol. The van der Waals surface area contributed by atoms with E-state index < -0.39 is 0 Å². The van der Waals surface area contributed by atoms with Crippen LogP contribution in [0.3, 0.4) is 0 Å². The summed E-state index contributed by atoms with van der Waals surface area (Å²) in [6.45, 7) is 9.07. The first-order valence-corrected chi connectivity index (χ1v) is 6.24. The normalized spacial score (nSPS) is 27.7. The van der Waals surface area contributed by atoms with Crippen LogP contribution in [0.2, 0.25) is 0 Å². The highest BCUT2D eigenvalue weighted by Gasteiger charge is 2.16. The minimum Gasteiger partial charge on any atom is -0.0654 e. The van der Waals surface area contributed by atoms with Gasteiger partial charge in [-0.25, -0.2) is 0 Å². The summed E-state index contributed by atoms with van der Waals surface area (Å²) in [5.41, 5.74) is 0. The summed E-state index contributed by atoms with van der Waals surface area (Å²) in [5, 5.41) is 0. The van der Waals surface area contributed by atoms with Crippen molar-refractivity contribution in [1.82, 2.24) is 0 Å². The van der Waals surface area contributed by atoms with E-state index >= 15 is 0 Å². The second kappa shape index (κ2) is 8.59. The largest absolute Gasteiger partial charge is 0.0654 e. The molecule has 0 saturated heterocycles. The van der Waals surface area contributed by atoms with Crippen molar-refractivity contribution in [3.8, 4) is 0 Å². The minimum atomic E-state index is 1.02.